The summed E-state index contributed by atoms with van der Waals surface area (Å²) in [6, 6.07) is 0.335. The van der Waals surface area contributed by atoms with Gasteiger partial charge in [-0.1, -0.05) is 0 Å². The SMILES string of the molecule is OCCn1ncc2c1CCCC2NCc1ncc[nH]1. The number of nitrogens with one attached hydrogen (secondary N) is 2. The number of rotatable bonds is 5. The lowest BCUT2D eigenvalue weighted by atomic mass is 9.93. The summed E-state index contributed by atoms with van der Waals surface area (Å²) in [5.41, 5.74) is 2.53. The highest BCUT2D eigenvalue weighted by Crippen LogP contribution is 2.29. The predicted octanol–water partition coefficient (Wildman–Crippen LogP) is 0.766. The second-order valence-electron chi connectivity index (χ2n) is 4.85. The van der Waals surface area contributed by atoms with Crippen molar-refractivity contribution in [1.82, 2.24) is 25.1 Å². The molecule has 3 rings (SSSR count). The van der Waals surface area contributed by atoms with Crippen LogP contribution >= 0.6 is 0 Å². The minimum atomic E-state index is 0.138. The van der Waals surface area contributed by atoms with Gasteiger partial charge < -0.3 is 15.4 Å². The maximum Gasteiger partial charge on any atom is 0.120 e. The van der Waals surface area contributed by atoms with Crippen LogP contribution < -0.4 is 5.32 Å². The Hall–Kier alpha value is -1.66. The van der Waals surface area contributed by atoms with E-state index in [1.54, 1.807) is 6.20 Å². The van der Waals surface area contributed by atoms with Crippen molar-refractivity contribution in [3.8, 4) is 0 Å². The van der Waals surface area contributed by atoms with Crippen LogP contribution in [0.2, 0.25) is 0 Å². The van der Waals surface area contributed by atoms with Gasteiger partial charge in [-0.15, -0.1) is 0 Å². The molecular weight excluding hydrogens is 242 g/mol. The van der Waals surface area contributed by atoms with Gasteiger partial charge in [-0.25, -0.2) is 4.98 Å². The molecule has 3 N–H and O–H groups in total. The first kappa shape index (κ1) is 12.4. The third kappa shape index (κ3) is 2.54. The molecule has 0 aromatic carbocycles. The first-order valence-electron chi connectivity index (χ1n) is 6.75. The predicted molar refractivity (Wildman–Crippen MR) is 70.4 cm³/mol. The number of imidazole rings is 1. The van der Waals surface area contributed by atoms with Gasteiger partial charge in [0.1, 0.15) is 5.82 Å². The van der Waals surface area contributed by atoms with E-state index in [4.69, 9.17) is 5.11 Å². The zero-order valence-electron chi connectivity index (χ0n) is 10.8. The van der Waals surface area contributed by atoms with Crippen molar-refractivity contribution in [1.29, 1.82) is 0 Å². The Morgan fingerprint density at radius 2 is 2.47 bits per heavy atom. The van der Waals surface area contributed by atoms with Crippen LogP contribution in [0.5, 0.6) is 0 Å². The van der Waals surface area contributed by atoms with Crippen molar-refractivity contribution in [2.75, 3.05) is 6.61 Å². The fourth-order valence-corrected chi connectivity index (χ4v) is 2.73. The van der Waals surface area contributed by atoms with E-state index < -0.39 is 0 Å². The van der Waals surface area contributed by atoms with E-state index in [1.165, 1.54) is 11.3 Å². The molecule has 1 atom stereocenters. The highest BCUT2D eigenvalue weighted by molar-refractivity contribution is 5.25. The number of aromatic amines is 1. The minimum Gasteiger partial charge on any atom is -0.394 e. The summed E-state index contributed by atoms with van der Waals surface area (Å²) < 4.78 is 1.93. The third-order valence-corrected chi connectivity index (χ3v) is 3.65. The van der Waals surface area contributed by atoms with Crippen LogP contribution in [0.15, 0.2) is 18.6 Å². The van der Waals surface area contributed by atoms with E-state index in [1.807, 2.05) is 17.1 Å². The van der Waals surface area contributed by atoms with Crippen LogP contribution in [-0.4, -0.2) is 31.5 Å². The Morgan fingerprint density at radius 1 is 1.53 bits per heavy atom. The van der Waals surface area contributed by atoms with Crippen molar-refractivity contribution in [3.63, 3.8) is 0 Å². The molecule has 2 aromatic rings. The van der Waals surface area contributed by atoms with Gasteiger partial charge >= 0.3 is 0 Å². The molecule has 1 unspecified atom stereocenters. The fourth-order valence-electron chi connectivity index (χ4n) is 2.73. The van der Waals surface area contributed by atoms with Gasteiger partial charge in [0.05, 0.1) is 25.9 Å². The Labute approximate surface area is 111 Å². The van der Waals surface area contributed by atoms with Crippen LogP contribution in [0.1, 0.15) is 36.0 Å². The third-order valence-electron chi connectivity index (χ3n) is 3.65. The van der Waals surface area contributed by atoms with Crippen LogP contribution in [-0.2, 0) is 19.5 Å². The molecule has 2 aromatic heterocycles. The van der Waals surface area contributed by atoms with Gasteiger partial charge in [0, 0.05) is 29.7 Å². The van der Waals surface area contributed by atoms with Gasteiger partial charge in [0.15, 0.2) is 0 Å². The Bertz CT molecular complexity index is 519. The molecule has 6 nitrogen and oxygen atoms in total. The van der Waals surface area contributed by atoms with E-state index in [0.717, 1.165) is 31.6 Å². The molecule has 0 spiro atoms. The first-order valence-corrected chi connectivity index (χ1v) is 6.75. The van der Waals surface area contributed by atoms with E-state index in [9.17, 15) is 0 Å². The van der Waals surface area contributed by atoms with Crippen molar-refractivity contribution in [2.24, 2.45) is 0 Å². The highest BCUT2D eigenvalue weighted by Gasteiger charge is 2.23. The molecule has 19 heavy (non-hydrogen) atoms. The normalized spacial score (nSPS) is 18.5. The highest BCUT2D eigenvalue weighted by atomic mass is 16.3. The smallest absolute Gasteiger partial charge is 0.120 e. The van der Waals surface area contributed by atoms with Gasteiger partial charge in [0.2, 0.25) is 0 Å². The van der Waals surface area contributed by atoms with E-state index >= 15 is 0 Å². The van der Waals surface area contributed by atoms with Crippen molar-refractivity contribution in [3.05, 3.63) is 35.7 Å². The Kier molecular flexibility index (Phi) is 3.61. The second kappa shape index (κ2) is 5.54. The van der Waals surface area contributed by atoms with Gasteiger partial charge in [-0.2, -0.15) is 5.10 Å². The van der Waals surface area contributed by atoms with Gasteiger partial charge in [0.25, 0.3) is 0 Å². The van der Waals surface area contributed by atoms with E-state index in [2.05, 4.69) is 20.4 Å². The number of hydrogen-bond acceptors (Lipinski definition) is 4. The number of fused-ring (bicyclic) bond motifs is 1. The zero-order chi connectivity index (χ0) is 13.1. The number of nitrogens with zero attached hydrogens (tertiary/aromatic N) is 3. The molecule has 1 aliphatic carbocycles. The summed E-state index contributed by atoms with van der Waals surface area (Å²) in [4.78, 5) is 7.32. The van der Waals surface area contributed by atoms with Crippen LogP contribution in [0.25, 0.3) is 0 Å². The molecule has 0 fully saturated rings. The maximum absolute atomic E-state index is 9.05. The number of aliphatic hydroxyl groups excluding tert-OH is 1. The summed E-state index contributed by atoms with van der Waals surface area (Å²) in [6.07, 6.45) is 8.86. The topological polar surface area (TPSA) is 78.8 Å². The molecule has 102 valence electrons. The molecule has 0 saturated heterocycles. The quantitative estimate of drug-likeness (QED) is 0.742. The molecular formula is C13H19N5O. The van der Waals surface area contributed by atoms with E-state index in [-0.39, 0.29) is 6.61 Å². The fraction of sp³-hybridized carbons (Fsp3) is 0.538. The standard InChI is InChI=1S/C13H19N5O/c19-7-6-18-12-3-1-2-11(10(12)8-17-18)16-9-13-14-4-5-15-13/h4-5,8,11,16,19H,1-3,6-7,9H2,(H,14,15). The molecule has 2 heterocycles. The average Bonchev–Trinajstić information content (AvgIpc) is 3.07. The minimum absolute atomic E-state index is 0.138. The lowest BCUT2D eigenvalue weighted by molar-refractivity contribution is 0.266. The van der Waals surface area contributed by atoms with Gasteiger partial charge in [-0.3, -0.25) is 4.68 Å². The lowest BCUT2D eigenvalue weighted by Crippen LogP contribution is -2.25. The van der Waals surface area contributed by atoms with Crippen LogP contribution in [0.3, 0.4) is 0 Å². The summed E-state index contributed by atoms with van der Waals surface area (Å²) in [7, 11) is 0. The molecule has 0 bridgehead atoms. The monoisotopic (exact) mass is 261 g/mol. The summed E-state index contributed by atoms with van der Waals surface area (Å²) in [6.45, 7) is 1.46. The number of hydrogen-bond donors (Lipinski definition) is 3. The first-order chi connectivity index (χ1) is 9.38. The van der Waals surface area contributed by atoms with Crippen LogP contribution in [0.4, 0.5) is 0 Å². The molecule has 0 aliphatic heterocycles. The number of H-pyrrole nitrogens is 1. The number of aromatic nitrogens is 4. The van der Waals surface area contributed by atoms with Crippen LogP contribution in [0, 0.1) is 0 Å². The average molecular weight is 261 g/mol. The Balaban J connectivity index is 1.71. The zero-order valence-corrected chi connectivity index (χ0v) is 10.8. The largest absolute Gasteiger partial charge is 0.394 e. The van der Waals surface area contributed by atoms with Crippen molar-refractivity contribution < 1.29 is 5.11 Å². The maximum atomic E-state index is 9.05. The molecule has 6 heteroatoms. The Morgan fingerprint density at radius 3 is 3.26 bits per heavy atom. The molecule has 0 saturated carbocycles. The lowest BCUT2D eigenvalue weighted by Gasteiger charge is -2.24. The molecule has 0 amide bonds. The summed E-state index contributed by atoms with van der Waals surface area (Å²) >= 11 is 0. The van der Waals surface area contributed by atoms with Gasteiger partial charge in [-0.05, 0) is 19.3 Å². The number of aliphatic hydroxyl groups is 1. The molecule has 1 aliphatic rings. The second-order valence-corrected chi connectivity index (χ2v) is 4.85. The summed E-state index contributed by atoms with van der Waals surface area (Å²) in [5, 5.41) is 16.9. The van der Waals surface area contributed by atoms with E-state index in [0.29, 0.717) is 12.6 Å². The van der Waals surface area contributed by atoms with Crippen molar-refractivity contribution >= 4 is 0 Å². The summed E-state index contributed by atoms with van der Waals surface area (Å²) in [5.74, 6) is 0.954. The molecule has 0 radical (unpaired) electrons. The van der Waals surface area contributed by atoms with Crippen molar-refractivity contribution in [2.45, 2.75) is 38.4 Å².